The van der Waals surface area contributed by atoms with Gasteiger partial charge in [0.25, 0.3) is 0 Å². The Morgan fingerprint density at radius 2 is 1.56 bits per heavy atom. The zero-order chi connectivity index (χ0) is 36.7. The number of para-hydroxylation sites is 1. The predicted octanol–water partition coefficient (Wildman–Crippen LogP) is 5.55. The van der Waals surface area contributed by atoms with Crippen molar-refractivity contribution in [3.63, 3.8) is 0 Å². The first-order valence-corrected chi connectivity index (χ1v) is 17.6. The van der Waals surface area contributed by atoms with Gasteiger partial charge in [0.2, 0.25) is 11.8 Å². The van der Waals surface area contributed by atoms with Gasteiger partial charge in [-0.15, -0.1) is 0 Å². The van der Waals surface area contributed by atoms with Gasteiger partial charge < -0.3 is 35.8 Å². The summed E-state index contributed by atoms with van der Waals surface area (Å²) in [4.78, 5) is 51.3. The number of ether oxygens (including phenoxy) is 2. The lowest BCUT2D eigenvalue weighted by Crippen LogP contribution is -2.54. The smallest absolute Gasteiger partial charge is 0.408 e. The topological polar surface area (TPSA) is 155 Å². The number of benzene rings is 4. The van der Waals surface area contributed by atoms with Crippen LogP contribution in [0.4, 0.5) is 10.5 Å². The standard InChI is InChI=1S/C41H46N4O7/c1-28-16-18-34(51-21-20-31-22-32-14-8-9-15-35(32)42-25-31)23-33(28)26-43-39(48)36(19-17-29-10-4-2-5-11-29)44-40(49)37(24-38(46)47)45-41(50)52-27-30-12-6-3-7-13-30/h2-16,18,23,31,36-37,42H,17,19-22,24-27H2,1H3,(H,43,48)(H,44,49)(H,45,50)(H,46,47)/t31?,36-,37-/m0/s1. The number of carboxylic acid groups (broad SMARTS) is 1. The molecular weight excluding hydrogens is 660 g/mol. The van der Waals surface area contributed by atoms with Crippen LogP contribution in [0.5, 0.6) is 5.75 Å². The Labute approximate surface area is 304 Å². The van der Waals surface area contributed by atoms with Crippen LogP contribution in [0.1, 0.15) is 47.1 Å². The van der Waals surface area contributed by atoms with Gasteiger partial charge in [-0.25, -0.2) is 4.79 Å². The summed E-state index contributed by atoms with van der Waals surface area (Å²) in [7, 11) is 0. The molecule has 11 heteroatoms. The fraction of sp³-hybridized carbons (Fsp3) is 0.317. The molecule has 0 saturated carbocycles. The highest BCUT2D eigenvalue weighted by atomic mass is 16.5. The quantitative estimate of drug-likeness (QED) is 0.0958. The highest BCUT2D eigenvalue weighted by molar-refractivity contribution is 5.93. The van der Waals surface area contributed by atoms with Crippen molar-refractivity contribution in [1.29, 1.82) is 0 Å². The number of anilines is 1. The van der Waals surface area contributed by atoms with Crippen LogP contribution in [-0.4, -0.2) is 54.2 Å². The summed E-state index contributed by atoms with van der Waals surface area (Å²) in [5.41, 5.74) is 6.03. The van der Waals surface area contributed by atoms with Crippen molar-refractivity contribution in [1.82, 2.24) is 16.0 Å². The largest absolute Gasteiger partial charge is 0.494 e. The summed E-state index contributed by atoms with van der Waals surface area (Å²) in [5.74, 6) is -1.38. The molecule has 1 unspecified atom stereocenters. The van der Waals surface area contributed by atoms with E-state index in [1.54, 1.807) is 24.3 Å². The van der Waals surface area contributed by atoms with E-state index in [4.69, 9.17) is 9.47 Å². The van der Waals surface area contributed by atoms with Gasteiger partial charge in [-0.2, -0.15) is 0 Å². The molecule has 272 valence electrons. The molecule has 0 aromatic heterocycles. The van der Waals surface area contributed by atoms with Crippen molar-refractivity contribution < 1.29 is 33.8 Å². The molecule has 3 atom stereocenters. The molecule has 0 fully saturated rings. The average molecular weight is 707 g/mol. The second kappa shape index (κ2) is 19.0. The van der Waals surface area contributed by atoms with E-state index in [2.05, 4.69) is 39.5 Å². The number of amides is 3. The first kappa shape index (κ1) is 37.4. The SMILES string of the molecule is Cc1ccc(OCCC2CNc3ccccc3C2)cc1CNC(=O)[C@H](CCc1ccccc1)NC(=O)[C@H](CC(=O)O)NC(=O)OCc1ccccc1. The summed E-state index contributed by atoms with van der Waals surface area (Å²) in [5, 5.41) is 21.0. The number of carboxylic acids is 1. The van der Waals surface area contributed by atoms with Crippen molar-refractivity contribution in [2.24, 2.45) is 5.92 Å². The molecule has 5 rings (SSSR count). The summed E-state index contributed by atoms with van der Waals surface area (Å²) in [6.07, 6.45) is 0.962. The number of carbonyl (C=O) groups is 4. The number of aliphatic carboxylic acids is 1. The number of hydrogen-bond acceptors (Lipinski definition) is 7. The van der Waals surface area contributed by atoms with Gasteiger partial charge in [0.05, 0.1) is 13.0 Å². The molecule has 1 aliphatic rings. The van der Waals surface area contributed by atoms with Crippen molar-refractivity contribution in [2.75, 3.05) is 18.5 Å². The zero-order valence-corrected chi connectivity index (χ0v) is 29.3. The van der Waals surface area contributed by atoms with Crippen molar-refractivity contribution >= 4 is 29.6 Å². The normalized spacial score (nSPS) is 14.4. The van der Waals surface area contributed by atoms with E-state index in [9.17, 15) is 24.3 Å². The molecule has 0 radical (unpaired) electrons. The third kappa shape index (κ3) is 11.6. The van der Waals surface area contributed by atoms with E-state index in [1.807, 2.05) is 67.6 Å². The Hall–Kier alpha value is -5.84. The maximum Gasteiger partial charge on any atom is 0.408 e. The van der Waals surface area contributed by atoms with Crippen LogP contribution < -0.4 is 26.0 Å². The zero-order valence-electron chi connectivity index (χ0n) is 29.3. The lowest BCUT2D eigenvalue weighted by atomic mass is 9.92. The van der Waals surface area contributed by atoms with Crippen LogP contribution in [0.25, 0.3) is 0 Å². The molecule has 0 bridgehead atoms. The molecule has 4 aromatic carbocycles. The third-order valence-electron chi connectivity index (χ3n) is 9.07. The molecule has 3 amide bonds. The Morgan fingerprint density at radius 1 is 0.846 bits per heavy atom. The van der Waals surface area contributed by atoms with Crippen molar-refractivity contribution in [2.45, 2.75) is 64.3 Å². The fourth-order valence-electron chi connectivity index (χ4n) is 6.08. The van der Waals surface area contributed by atoms with Crippen LogP contribution in [-0.2, 0) is 45.1 Å². The van der Waals surface area contributed by atoms with Gasteiger partial charge in [-0.1, -0.05) is 84.9 Å². The maximum atomic E-state index is 13.6. The second-order valence-corrected chi connectivity index (χ2v) is 13.0. The Balaban J connectivity index is 1.18. The number of rotatable bonds is 17. The first-order valence-electron chi connectivity index (χ1n) is 17.6. The van der Waals surface area contributed by atoms with Crippen LogP contribution in [0.2, 0.25) is 0 Å². The average Bonchev–Trinajstić information content (AvgIpc) is 3.16. The van der Waals surface area contributed by atoms with Gasteiger partial charge in [-0.05, 0) is 84.5 Å². The lowest BCUT2D eigenvalue weighted by molar-refractivity contribution is -0.140. The van der Waals surface area contributed by atoms with Gasteiger partial charge in [-0.3, -0.25) is 14.4 Å². The van der Waals surface area contributed by atoms with E-state index in [0.29, 0.717) is 24.7 Å². The molecule has 52 heavy (non-hydrogen) atoms. The summed E-state index contributed by atoms with van der Waals surface area (Å²) in [6, 6.07) is 30.1. The minimum atomic E-state index is -1.47. The monoisotopic (exact) mass is 706 g/mol. The van der Waals surface area contributed by atoms with Crippen LogP contribution in [0, 0.1) is 12.8 Å². The lowest BCUT2D eigenvalue weighted by Gasteiger charge is -2.26. The molecule has 4 aromatic rings. The summed E-state index contributed by atoms with van der Waals surface area (Å²) in [6.45, 7) is 3.53. The van der Waals surface area contributed by atoms with E-state index in [-0.39, 0.29) is 19.6 Å². The van der Waals surface area contributed by atoms with Gasteiger partial charge in [0.15, 0.2) is 0 Å². The minimum absolute atomic E-state index is 0.0606. The maximum absolute atomic E-state index is 13.6. The first-order chi connectivity index (χ1) is 25.2. The predicted molar refractivity (Wildman–Crippen MR) is 198 cm³/mol. The molecule has 1 heterocycles. The number of fused-ring (bicyclic) bond motifs is 1. The van der Waals surface area contributed by atoms with E-state index < -0.39 is 42.4 Å². The van der Waals surface area contributed by atoms with Crippen molar-refractivity contribution in [3.05, 3.63) is 131 Å². The Morgan fingerprint density at radius 3 is 2.31 bits per heavy atom. The van der Waals surface area contributed by atoms with E-state index in [0.717, 1.165) is 41.6 Å². The Kier molecular flexibility index (Phi) is 13.6. The minimum Gasteiger partial charge on any atom is -0.494 e. The van der Waals surface area contributed by atoms with Crippen LogP contribution >= 0.6 is 0 Å². The van der Waals surface area contributed by atoms with Gasteiger partial charge >= 0.3 is 12.1 Å². The van der Waals surface area contributed by atoms with Gasteiger partial charge in [0.1, 0.15) is 24.4 Å². The molecule has 1 aliphatic heterocycles. The molecular formula is C41H46N4O7. The highest BCUT2D eigenvalue weighted by Gasteiger charge is 2.29. The molecule has 11 nitrogen and oxygen atoms in total. The van der Waals surface area contributed by atoms with Crippen LogP contribution in [0.3, 0.4) is 0 Å². The molecule has 0 spiro atoms. The van der Waals surface area contributed by atoms with E-state index in [1.165, 1.54) is 11.3 Å². The van der Waals surface area contributed by atoms with Crippen LogP contribution in [0.15, 0.2) is 103 Å². The number of aryl methyl sites for hydroxylation is 2. The Bertz CT molecular complexity index is 1800. The number of nitrogens with one attached hydrogen (secondary N) is 4. The summed E-state index contributed by atoms with van der Waals surface area (Å²) < 4.78 is 11.3. The second-order valence-electron chi connectivity index (χ2n) is 13.0. The number of hydrogen-bond donors (Lipinski definition) is 5. The molecule has 5 N–H and O–H groups in total. The summed E-state index contributed by atoms with van der Waals surface area (Å²) >= 11 is 0. The van der Waals surface area contributed by atoms with Crippen molar-refractivity contribution in [3.8, 4) is 5.75 Å². The number of carbonyl (C=O) groups excluding carboxylic acids is 3. The van der Waals surface area contributed by atoms with E-state index >= 15 is 0 Å². The third-order valence-corrected chi connectivity index (χ3v) is 9.07. The molecule has 0 saturated heterocycles. The highest BCUT2D eigenvalue weighted by Crippen LogP contribution is 2.26. The fourth-order valence-corrected chi connectivity index (χ4v) is 6.08. The number of alkyl carbamates (subject to hydrolysis) is 1. The molecule has 0 aliphatic carbocycles. The van der Waals surface area contributed by atoms with Gasteiger partial charge in [0, 0.05) is 18.8 Å².